The molecule has 146 valence electrons. The lowest BCUT2D eigenvalue weighted by molar-refractivity contribution is 0.0995. The van der Waals surface area contributed by atoms with Crippen LogP contribution in [0, 0.1) is 0 Å². The van der Waals surface area contributed by atoms with Gasteiger partial charge in [-0.15, -0.1) is 0 Å². The Labute approximate surface area is 166 Å². The molecule has 0 radical (unpaired) electrons. The molecule has 0 aromatic heterocycles. The average Bonchev–Trinajstić information content (AvgIpc) is 2.72. The van der Waals surface area contributed by atoms with E-state index in [0.29, 0.717) is 0 Å². The molecule has 0 aliphatic carbocycles. The van der Waals surface area contributed by atoms with Gasteiger partial charge in [0.25, 0.3) is 0 Å². The van der Waals surface area contributed by atoms with Gasteiger partial charge >= 0.3 is 0 Å². The third kappa shape index (κ3) is 7.12. The molecule has 0 N–H and O–H groups in total. The van der Waals surface area contributed by atoms with Crippen molar-refractivity contribution < 1.29 is 0 Å². The molecule has 1 aliphatic rings. The van der Waals surface area contributed by atoms with Crippen molar-refractivity contribution in [2.45, 2.75) is 51.0 Å². The second-order valence-corrected chi connectivity index (χ2v) is 8.10. The van der Waals surface area contributed by atoms with Gasteiger partial charge < -0.3 is 4.90 Å². The van der Waals surface area contributed by atoms with Crippen LogP contribution in [0.4, 0.5) is 0 Å². The average molecular weight is 365 g/mol. The van der Waals surface area contributed by atoms with E-state index in [1.807, 2.05) is 0 Å². The Kier molecular flexibility index (Phi) is 8.38. The molecule has 2 aromatic rings. The summed E-state index contributed by atoms with van der Waals surface area (Å²) >= 11 is 0. The molecule has 0 saturated carbocycles. The topological polar surface area (TPSA) is 6.48 Å². The Morgan fingerprint density at radius 3 is 1.78 bits per heavy atom. The fourth-order valence-electron chi connectivity index (χ4n) is 4.24. The van der Waals surface area contributed by atoms with Crippen LogP contribution in [0.3, 0.4) is 0 Å². The minimum Gasteiger partial charge on any atom is -0.304 e. The lowest BCUT2D eigenvalue weighted by Gasteiger charge is -2.38. The molecule has 0 spiro atoms. The van der Waals surface area contributed by atoms with E-state index in [4.69, 9.17) is 0 Å². The number of hydrogen-bond donors (Lipinski definition) is 0. The quantitative estimate of drug-likeness (QED) is 0.545. The predicted molar refractivity (Wildman–Crippen MR) is 116 cm³/mol. The van der Waals surface area contributed by atoms with Crippen molar-refractivity contribution in [2.75, 3.05) is 33.2 Å². The summed E-state index contributed by atoms with van der Waals surface area (Å²) in [6.07, 6.45) is 9.09. The summed E-state index contributed by atoms with van der Waals surface area (Å²) in [6, 6.07) is 22.7. The number of rotatable bonds is 10. The minimum atomic E-state index is 0.762. The van der Waals surface area contributed by atoms with E-state index in [0.717, 1.165) is 6.04 Å². The van der Waals surface area contributed by atoms with Crippen molar-refractivity contribution in [3.63, 3.8) is 0 Å². The third-order valence-electron chi connectivity index (χ3n) is 6.00. The van der Waals surface area contributed by atoms with Crippen molar-refractivity contribution in [3.8, 4) is 0 Å². The molecular weight excluding hydrogens is 328 g/mol. The van der Waals surface area contributed by atoms with Crippen molar-refractivity contribution in [3.05, 3.63) is 71.8 Å². The number of aryl methyl sites for hydroxylation is 2. The fraction of sp³-hybridized carbons (Fsp3) is 0.520. The van der Waals surface area contributed by atoms with Crippen LogP contribution in [0.2, 0.25) is 0 Å². The van der Waals surface area contributed by atoms with Crippen LogP contribution in [0.15, 0.2) is 60.7 Å². The van der Waals surface area contributed by atoms with Crippen LogP contribution in [-0.4, -0.2) is 49.1 Å². The molecule has 3 rings (SSSR count). The molecule has 1 unspecified atom stereocenters. The van der Waals surface area contributed by atoms with Gasteiger partial charge in [-0.25, -0.2) is 0 Å². The summed E-state index contributed by atoms with van der Waals surface area (Å²) in [6.45, 7) is 4.93. The van der Waals surface area contributed by atoms with Gasteiger partial charge in [-0.05, 0) is 56.7 Å². The molecule has 2 nitrogen and oxygen atoms in total. The zero-order valence-corrected chi connectivity index (χ0v) is 17.0. The Morgan fingerprint density at radius 1 is 0.667 bits per heavy atom. The van der Waals surface area contributed by atoms with E-state index in [-0.39, 0.29) is 0 Å². The van der Waals surface area contributed by atoms with Crippen molar-refractivity contribution in [2.24, 2.45) is 0 Å². The first-order chi connectivity index (χ1) is 13.3. The summed E-state index contributed by atoms with van der Waals surface area (Å²) in [5.74, 6) is 0. The molecule has 2 aromatic carbocycles. The standard InChI is InChI=1S/C25H36N2/c1-26-19-21-27(22-20-26)25(18-10-16-24-13-6-3-7-14-24)17-9-8-15-23-11-4-2-5-12-23/h2-7,11-14,25H,8-10,15-22H2,1H3. The van der Waals surface area contributed by atoms with E-state index in [1.54, 1.807) is 0 Å². The highest BCUT2D eigenvalue weighted by Gasteiger charge is 2.21. The lowest BCUT2D eigenvalue weighted by atomic mass is 9.97. The van der Waals surface area contributed by atoms with Gasteiger partial charge in [0.1, 0.15) is 0 Å². The van der Waals surface area contributed by atoms with E-state index in [1.165, 1.54) is 82.3 Å². The van der Waals surface area contributed by atoms with Crippen LogP contribution in [0.25, 0.3) is 0 Å². The molecule has 1 heterocycles. The van der Waals surface area contributed by atoms with Crippen LogP contribution < -0.4 is 0 Å². The van der Waals surface area contributed by atoms with Crippen LogP contribution in [0.1, 0.15) is 43.2 Å². The summed E-state index contributed by atoms with van der Waals surface area (Å²) in [4.78, 5) is 5.24. The van der Waals surface area contributed by atoms with Crippen molar-refractivity contribution in [1.29, 1.82) is 0 Å². The number of benzene rings is 2. The SMILES string of the molecule is CN1CCN(C(CCCCc2ccccc2)CCCc2ccccc2)CC1. The second kappa shape index (κ2) is 11.3. The first kappa shape index (κ1) is 20.1. The smallest absolute Gasteiger partial charge is 0.0113 e. The van der Waals surface area contributed by atoms with Gasteiger partial charge in [0.2, 0.25) is 0 Å². The highest BCUT2D eigenvalue weighted by Crippen LogP contribution is 2.19. The van der Waals surface area contributed by atoms with Gasteiger partial charge in [0, 0.05) is 32.2 Å². The van der Waals surface area contributed by atoms with Gasteiger partial charge in [-0.1, -0.05) is 67.1 Å². The molecule has 0 bridgehead atoms. The molecule has 1 aliphatic heterocycles. The van der Waals surface area contributed by atoms with Gasteiger partial charge in [-0.2, -0.15) is 0 Å². The summed E-state index contributed by atoms with van der Waals surface area (Å²) < 4.78 is 0. The second-order valence-electron chi connectivity index (χ2n) is 8.10. The zero-order valence-electron chi connectivity index (χ0n) is 17.0. The number of hydrogen-bond acceptors (Lipinski definition) is 2. The van der Waals surface area contributed by atoms with E-state index in [9.17, 15) is 0 Å². The van der Waals surface area contributed by atoms with E-state index >= 15 is 0 Å². The zero-order chi connectivity index (χ0) is 18.7. The van der Waals surface area contributed by atoms with Gasteiger partial charge in [0.05, 0.1) is 0 Å². The number of nitrogens with zero attached hydrogens (tertiary/aromatic N) is 2. The Morgan fingerprint density at radius 2 is 1.19 bits per heavy atom. The fourth-order valence-corrected chi connectivity index (χ4v) is 4.24. The maximum absolute atomic E-state index is 2.77. The van der Waals surface area contributed by atoms with Gasteiger partial charge in [-0.3, -0.25) is 4.90 Å². The first-order valence-corrected chi connectivity index (χ1v) is 10.8. The summed E-state index contributed by atoms with van der Waals surface area (Å²) in [7, 11) is 2.25. The highest BCUT2D eigenvalue weighted by atomic mass is 15.3. The maximum atomic E-state index is 2.77. The van der Waals surface area contributed by atoms with Crippen molar-refractivity contribution >= 4 is 0 Å². The molecule has 2 heteroatoms. The van der Waals surface area contributed by atoms with E-state index < -0.39 is 0 Å². The maximum Gasteiger partial charge on any atom is 0.0113 e. The summed E-state index contributed by atoms with van der Waals surface area (Å²) in [5, 5.41) is 0. The molecule has 0 amide bonds. The highest BCUT2D eigenvalue weighted by molar-refractivity contribution is 5.15. The molecule has 1 saturated heterocycles. The third-order valence-corrected chi connectivity index (χ3v) is 6.00. The van der Waals surface area contributed by atoms with Crippen molar-refractivity contribution in [1.82, 2.24) is 9.80 Å². The molecular formula is C25H36N2. The van der Waals surface area contributed by atoms with Crippen LogP contribution in [0.5, 0.6) is 0 Å². The molecule has 27 heavy (non-hydrogen) atoms. The Bertz CT molecular complexity index is 617. The molecule has 1 fully saturated rings. The minimum absolute atomic E-state index is 0.762. The molecule has 1 atom stereocenters. The lowest BCUT2D eigenvalue weighted by Crippen LogP contribution is -2.49. The number of likely N-dealkylation sites (N-methyl/N-ethyl adjacent to an activating group) is 1. The monoisotopic (exact) mass is 364 g/mol. The van der Waals surface area contributed by atoms with E-state index in [2.05, 4.69) is 77.5 Å². The number of piperazine rings is 1. The largest absolute Gasteiger partial charge is 0.304 e. The Hall–Kier alpha value is -1.64. The van der Waals surface area contributed by atoms with Crippen LogP contribution in [-0.2, 0) is 12.8 Å². The summed E-state index contributed by atoms with van der Waals surface area (Å²) in [5.41, 5.74) is 2.97. The normalized spacial score (nSPS) is 17.1. The number of unbranched alkanes of at least 4 members (excludes halogenated alkanes) is 1. The Balaban J connectivity index is 1.45. The predicted octanol–water partition coefficient (Wildman–Crippen LogP) is 5.04. The van der Waals surface area contributed by atoms with Gasteiger partial charge in [0.15, 0.2) is 0 Å². The van der Waals surface area contributed by atoms with Crippen LogP contribution >= 0.6 is 0 Å². The first-order valence-electron chi connectivity index (χ1n) is 10.8.